The molecule has 1 unspecified atom stereocenters. The highest BCUT2D eigenvalue weighted by molar-refractivity contribution is 5.56. The van der Waals surface area contributed by atoms with E-state index in [1.165, 1.54) is 17.5 Å². The average Bonchev–Trinajstić information content (AvgIpc) is 2.88. The van der Waals surface area contributed by atoms with Crippen molar-refractivity contribution in [3.63, 3.8) is 0 Å². The molecule has 1 saturated heterocycles. The fourth-order valence-corrected chi connectivity index (χ4v) is 2.44. The molecule has 0 aliphatic carbocycles. The Morgan fingerprint density at radius 2 is 2.47 bits per heavy atom. The van der Waals surface area contributed by atoms with Crippen LogP contribution in [0.1, 0.15) is 23.7 Å². The molecule has 0 aromatic carbocycles. The van der Waals surface area contributed by atoms with Gasteiger partial charge in [0.25, 0.3) is 0 Å². The lowest BCUT2D eigenvalue weighted by atomic mass is 9.98. The van der Waals surface area contributed by atoms with E-state index in [4.69, 9.17) is 0 Å². The zero-order chi connectivity index (χ0) is 10.3. The number of fused-ring (bicyclic) bond motifs is 1. The van der Waals surface area contributed by atoms with Crippen molar-refractivity contribution in [2.45, 2.75) is 19.3 Å². The van der Waals surface area contributed by atoms with Crippen molar-refractivity contribution in [1.82, 2.24) is 14.7 Å². The highest BCUT2D eigenvalue weighted by atomic mass is 15.0. The van der Waals surface area contributed by atoms with Gasteiger partial charge in [0.05, 0.1) is 11.7 Å². The molecule has 0 radical (unpaired) electrons. The predicted molar refractivity (Wildman–Crippen MR) is 60.2 cm³/mol. The van der Waals surface area contributed by atoms with Crippen molar-refractivity contribution in [1.29, 1.82) is 0 Å². The SMILES string of the molecule is Cc1ncc2c(C3CCNC3)cccn12. The summed E-state index contributed by atoms with van der Waals surface area (Å²) in [6.45, 7) is 4.28. The maximum atomic E-state index is 4.37. The first kappa shape index (κ1) is 8.92. The van der Waals surface area contributed by atoms with Crippen LogP contribution >= 0.6 is 0 Å². The average molecular weight is 201 g/mol. The minimum Gasteiger partial charge on any atom is -0.316 e. The first-order valence-electron chi connectivity index (χ1n) is 5.49. The quantitative estimate of drug-likeness (QED) is 0.761. The minimum absolute atomic E-state index is 0.657. The summed E-state index contributed by atoms with van der Waals surface area (Å²) >= 11 is 0. The highest BCUT2D eigenvalue weighted by Gasteiger charge is 2.19. The molecule has 78 valence electrons. The molecule has 15 heavy (non-hydrogen) atoms. The number of nitrogens with zero attached hydrogens (tertiary/aromatic N) is 2. The molecule has 0 bridgehead atoms. The molecule has 1 aliphatic rings. The number of pyridine rings is 1. The number of imidazole rings is 1. The summed E-state index contributed by atoms with van der Waals surface area (Å²) in [6, 6.07) is 4.35. The third-order valence-corrected chi connectivity index (χ3v) is 3.29. The second-order valence-corrected chi connectivity index (χ2v) is 4.21. The molecule has 3 nitrogen and oxygen atoms in total. The highest BCUT2D eigenvalue weighted by Crippen LogP contribution is 2.26. The number of hydrogen-bond acceptors (Lipinski definition) is 2. The van der Waals surface area contributed by atoms with Gasteiger partial charge in [-0.25, -0.2) is 4.98 Å². The standard InChI is InChI=1S/C12H15N3/c1-9-14-8-12-11(3-2-6-15(9)12)10-4-5-13-7-10/h2-3,6,8,10,13H,4-5,7H2,1H3. The van der Waals surface area contributed by atoms with E-state index in [0.29, 0.717) is 5.92 Å². The number of hydrogen-bond donors (Lipinski definition) is 1. The molecule has 1 atom stereocenters. The summed E-state index contributed by atoms with van der Waals surface area (Å²) in [5, 5.41) is 3.41. The summed E-state index contributed by atoms with van der Waals surface area (Å²) < 4.78 is 2.17. The van der Waals surface area contributed by atoms with Gasteiger partial charge in [-0.2, -0.15) is 0 Å². The van der Waals surface area contributed by atoms with E-state index in [9.17, 15) is 0 Å². The zero-order valence-electron chi connectivity index (χ0n) is 8.90. The minimum atomic E-state index is 0.657. The lowest BCUT2D eigenvalue weighted by molar-refractivity contribution is 0.765. The zero-order valence-corrected chi connectivity index (χ0v) is 8.90. The summed E-state index contributed by atoms with van der Waals surface area (Å²) in [6.07, 6.45) is 5.32. The smallest absolute Gasteiger partial charge is 0.110 e. The van der Waals surface area contributed by atoms with Crippen LogP contribution in [0, 0.1) is 6.92 Å². The van der Waals surface area contributed by atoms with Crippen LogP contribution in [0.3, 0.4) is 0 Å². The first-order valence-corrected chi connectivity index (χ1v) is 5.49. The van der Waals surface area contributed by atoms with Crippen LogP contribution in [-0.2, 0) is 0 Å². The fraction of sp³-hybridized carbons (Fsp3) is 0.417. The molecule has 1 fully saturated rings. The van der Waals surface area contributed by atoms with E-state index < -0.39 is 0 Å². The monoisotopic (exact) mass is 201 g/mol. The molecule has 0 saturated carbocycles. The summed E-state index contributed by atoms with van der Waals surface area (Å²) in [5.74, 6) is 1.72. The van der Waals surface area contributed by atoms with E-state index in [2.05, 4.69) is 33.0 Å². The number of aromatic nitrogens is 2. The molecular formula is C12H15N3. The molecule has 3 rings (SSSR count). The summed E-state index contributed by atoms with van der Waals surface area (Å²) in [4.78, 5) is 4.37. The van der Waals surface area contributed by atoms with Crippen molar-refractivity contribution in [2.75, 3.05) is 13.1 Å². The van der Waals surface area contributed by atoms with Gasteiger partial charge in [0.15, 0.2) is 0 Å². The van der Waals surface area contributed by atoms with E-state index >= 15 is 0 Å². The third kappa shape index (κ3) is 1.35. The lowest BCUT2D eigenvalue weighted by Crippen LogP contribution is -2.08. The van der Waals surface area contributed by atoms with Gasteiger partial charge < -0.3 is 9.72 Å². The van der Waals surface area contributed by atoms with Crippen molar-refractivity contribution < 1.29 is 0 Å². The van der Waals surface area contributed by atoms with Gasteiger partial charge in [-0.05, 0) is 37.4 Å². The van der Waals surface area contributed by atoms with Gasteiger partial charge in [-0.15, -0.1) is 0 Å². The molecule has 0 spiro atoms. The Kier molecular flexibility index (Phi) is 1.99. The molecule has 2 aromatic heterocycles. The maximum Gasteiger partial charge on any atom is 0.110 e. The van der Waals surface area contributed by atoms with Crippen LogP contribution in [0.5, 0.6) is 0 Å². The van der Waals surface area contributed by atoms with Gasteiger partial charge in [-0.1, -0.05) is 6.07 Å². The van der Waals surface area contributed by atoms with Crippen LogP contribution in [0.15, 0.2) is 24.5 Å². The fourth-order valence-electron chi connectivity index (χ4n) is 2.44. The van der Waals surface area contributed by atoms with E-state index in [1.807, 2.05) is 13.1 Å². The van der Waals surface area contributed by atoms with E-state index in [1.54, 1.807) is 0 Å². The molecular weight excluding hydrogens is 186 g/mol. The largest absolute Gasteiger partial charge is 0.316 e. The number of nitrogens with one attached hydrogen (secondary N) is 1. The van der Waals surface area contributed by atoms with E-state index in [-0.39, 0.29) is 0 Å². The number of aryl methyl sites for hydroxylation is 1. The molecule has 3 heteroatoms. The Bertz CT molecular complexity index is 481. The third-order valence-electron chi connectivity index (χ3n) is 3.29. The van der Waals surface area contributed by atoms with Gasteiger partial charge in [0.2, 0.25) is 0 Å². The Balaban J connectivity index is 2.17. The molecule has 2 aromatic rings. The van der Waals surface area contributed by atoms with Crippen LogP contribution in [0.4, 0.5) is 0 Å². The van der Waals surface area contributed by atoms with Crippen LogP contribution < -0.4 is 5.32 Å². The Morgan fingerprint density at radius 1 is 1.53 bits per heavy atom. The summed E-state index contributed by atoms with van der Waals surface area (Å²) in [5.41, 5.74) is 2.70. The molecule has 3 heterocycles. The Hall–Kier alpha value is -1.35. The van der Waals surface area contributed by atoms with Crippen molar-refractivity contribution >= 4 is 5.52 Å². The van der Waals surface area contributed by atoms with Gasteiger partial charge in [0, 0.05) is 12.7 Å². The Morgan fingerprint density at radius 3 is 3.27 bits per heavy atom. The number of rotatable bonds is 1. The molecule has 0 amide bonds. The van der Waals surface area contributed by atoms with Crippen LogP contribution in [0.2, 0.25) is 0 Å². The molecule has 1 N–H and O–H groups in total. The van der Waals surface area contributed by atoms with Gasteiger partial charge in [0.1, 0.15) is 5.82 Å². The topological polar surface area (TPSA) is 29.3 Å². The van der Waals surface area contributed by atoms with Crippen LogP contribution in [0.25, 0.3) is 5.52 Å². The second-order valence-electron chi connectivity index (χ2n) is 4.21. The molecule has 1 aliphatic heterocycles. The Labute approximate surface area is 89.1 Å². The van der Waals surface area contributed by atoms with Crippen LogP contribution in [-0.4, -0.2) is 22.5 Å². The van der Waals surface area contributed by atoms with Crippen molar-refractivity contribution in [3.05, 3.63) is 35.9 Å². The van der Waals surface area contributed by atoms with Gasteiger partial charge >= 0.3 is 0 Å². The maximum absolute atomic E-state index is 4.37. The van der Waals surface area contributed by atoms with E-state index in [0.717, 1.165) is 18.9 Å². The lowest BCUT2D eigenvalue weighted by Gasteiger charge is -2.10. The van der Waals surface area contributed by atoms with Crippen molar-refractivity contribution in [3.8, 4) is 0 Å². The van der Waals surface area contributed by atoms with Gasteiger partial charge in [-0.3, -0.25) is 0 Å². The summed E-state index contributed by atoms with van der Waals surface area (Å²) in [7, 11) is 0. The predicted octanol–water partition coefficient (Wildman–Crippen LogP) is 1.72. The van der Waals surface area contributed by atoms with Crippen molar-refractivity contribution in [2.24, 2.45) is 0 Å². The second kappa shape index (κ2) is 3.35. The normalized spacial score (nSPS) is 21.3. The first-order chi connectivity index (χ1) is 7.36.